The maximum absolute atomic E-state index is 13.1. The molecule has 1 aromatic rings. The average molecular weight is 241 g/mol. The molecule has 1 N–H and O–H groups in total. The molecule has 1 fully saturated rings. The molecule has 0 aliphatic carbocycles. The van der Waals surface area contributed by atoms with Crippen molar-refractivity contribution >= 4 is 0 Å². The smallest absolute Gasteiger partial charge is 0.126 e. The monoisotopic (exact) mass is 241 g/mol. The Labute approximate surface area is 99.9 Å². The molecule has 1 aliphatic heterocycles. The summed E-state index contributed by atoms with van der Waals surface area (Å²) in [4.78, 5) is 2.10. The highest BCUT2D eigenvalue weighted by Gasteiger charge is 2.44. The summed E-state index contributed by atoms with van der Waals surface area (Å²) in [5.74, 6) is -1.29. The summed E-state index contributed by atoms with van der Waals surface area (Å²) < 4.78 is 26.2. The van der Waals surface area contributed by atoms with Gasteiger partial charge < -0.3 is 5.11 Å². The van der Waals surface area contributed by atoms with E-state index in [1.54, 1.807) is 0 Å². The third kappa shape index (κ3) is 2.33. The fourth-order valence-electron chi connectivity index (χ4n) is 2.20. The van der Waals surface area contributed by atoms with Crippen molar-refractivity contribution in [1.82, 2.24) is 4.90 Å². The molecular weight excluding hydrogens is 224 g/mol. The van der Waals surface area contributed by atoms with Crippen molar-refractivity contribution in [3.05, 3.63) is 35.4 Å². The first-order valence-corrected chi connectivity index (χ1v) is 5.87. The number of benzene rings is 1. The van der Waals surface area contributed by atoms with Gasteiger partial charge in [-0.25, -0.2) is 8.78 Å². The van der Waals surface area contributed by atoms with Crippen LogP contribution in [0, 0.1) is 11.6 Å². The van der Waals surface area contributed by atoms with Crippen LogP contribution in [0.2, 0.25) is 0 Å². The molecule has 0 spiro atoms. The summed E-state index contributed by atoms with van der Waals surface area (Å²) in [5.41, 5.74) is -0.777. The van der Waals surface area contributed by atoms with Crippen LogP contribution in [0.4, 0.5) is 8.78 Å². The number of halogens is 2. The predicted molar refractivity (Wildman–Crippen MR) is 61.6 cm³/mol. The molecule has 17 heavy (non-hydrogen) atoms. The first-order valence-electron chi connectivity index (χ1n) is 5.87. The van der Waals surface area contributed by atoms with Gasteiger partial charge in [-0.1, -0.05) is 6.92 Å². The Balaban J connectivity index is 2.14. The van der Waals surface area contributed by atoms with Crippen LogP contribution in [0.1, 0.15) is 25.8 Å². The number of β-amino-alcohol motifs (C(OH)–C–C–N with tert-alkyl or cyclic N) is 1. The second-order valence-corrected chi connectivity index (χ2v) is 4.85. The van der Waals surface area contributed by atoms with Crippen LogP contribution in [0.15, 0.2) is 18.2 Å². The molecule has 1 aliphatic rings. The Morgan fingerprint density at radius 3 is 2.29 bits per heavy atom. The van der Waals surface area contributed by atoms with E-state index in [2.05, 4.69) is 18.7 Å². The van der Waals surface area contributed by atoms with Crippen molar-refractivity contribution in [2.75, 3.05) is 13.1 Å². The molecule has 0 saturated carbocycles. The van der Waals surface area contributed by atoms with Gasteiger partial charge in [0.2, 0.25) is 0 Å². The Bertz CT molecular complexity index is 396. The molecule has 0 amide bonds. The van der Waals surface area contributed by atoms with Crippen molar-refractivity contribution in [3.63, 3.8) is 0 Å². The average Bonchev–Trinajstić information content (AvgIpc) is 2.22. The fraction of sp³-hybridized carbons (Fsp3) is 0.538. The van der Waals surface area contributed by atoms with Crippen molar-refractivity contribution in [3.8, 4) is 0 Å². The molecule has 1 saturated heterocycles. The molecule has 1 unspecified atom stereocenters. The highest BCUT2D eigenvalue weighted by atomic mass is 19.1. The number of aliphatic hydroxyl groups is 1. The lowest BCUT2D eigenvalue weighted by molar-refractivity contribution is -0.119. The Kier molecular flexibility index (Phi) is 3.19. The number of hydrogen-bond acceptors (Lipinski definition) is 2. The Morgan fingerprint density at radius 2 is 1.82 bits per heavy atom. The maximum Gasteiger partial charge on any atom is 0.126 e. The van der Waals surface area contributed by atoms with Crippen molar-refractivity contribution in [2.45, 2.75) is 31.9 Å². The van der Waals surface area contributed by atoms with E-state index in [9.17, 15) is 13.9 Å². The molecule has 0 aromatic heterocycles. The van der Waals surface area contributed by atoms with E-state index in [-0.39, 0.29) is 0 Å². The van der Waals surface area contributed by atoms with E-state index in [0.29, 0.717) is 24.7 Å². The zero-order valence-corrected chi connectivity index (χ0v) is 10.1. The predicted octanol–water partition coefficient (Wildman–Crippen LogP) is 2.27. The number of rotatable bonds is 3. The zero-order chi connectivity index (χ0) is 12.6. The minimum Gasteiger partial charge on any atom is -0.382 e. The SMILES string of the molecule is CCC(C)N1CC(O)(c2cc(F)cc(F)c2)C1. The van der Waals surface area contributed by atoms with Crippen LogP contribution >= 0.6 is 0 Å². The van der Waals surface area contributed by atoms with E-state index in [1.807, 2.05) is 0 Å². The van der Waals surface area contributed by atoms with Gasteiger partial charge in [0.25, 0.3) is 0 Å². The van der Waals surface area contributed by atoms with Gasteiger partial charge in [0.1, 0.15) is 17.2 Å². The van der Waals surface area contributed by atoms with E-state index < -0.39 is 17.2 Å². The third-order valence-corrected chi connectivity index (χ3v) is 3.54. The lowest BCUT2D eigenvalue weighted by atomic mass is 9.84. The van der Waals surface area contributed by atoms with Crippen molar-refractivity contribution in [1.29, 1.82) is 0 Å². The Hall–Kier alpha value is -1.00. The zero-order valence-electron chi connectivity index (χ0n) is 10.1. The molecule has 2 rings (SSSR count). The van der Waals surface area contributed by atoms with E-state index in [0.717, 1.165) is 12.5 Å². The van der Waals surface area contributed by atoms with Crippen LogP contribution in [0.3, 0.4) is 0 Å². The summed E-state index contributed by atoms with van der Waals surface area (Å²) >= 11 is 0. The van der Waals surface area contributed by atoms with E-state index in [4.69, 9.17) is 0 Å². The van der Waals surface area contributed by atoms with Gasteiger partial charge in [0.15, 0.2) is 0 Å². The standard InChI is InChI=1S/C13H17F2NO/c1-3-9(2)16-7-13(17,8-16)10-4-11(14)6-12(15)5-10/h4-6,9,17H,3,7-8H2,1-2H3. The van der Waals surface area contributed by atoms with Gasteiger partial charge in [-0.15, -0.1) is 0 Å². The maximum atomic E-state index is 13.1. The largest absolute Gasteiger partial charge is 0.382 e. The Morgan fingerprint density at radius 1 is 1.29 bits per heavy atom. The lowest BCUT2D eigenvalue weighted by Crippen LogP contribution is -2.61. The van der Waals surface area contributed by atoms with Gasteiger partial charge >= 0.3 is 0 Å². The van der Waals surface area contributed by atoms with Crippen LogP contribution in [0.25, 0.3) is 0 Å². The first kappa shape index (κ1) is 12.5. The molecule has 1 aromatic carbocycles. The van der Waals surface area contributed by atoms with Gasteiger partial charge in [0.05, 0.1) is 0 Å². The normalized spacial score (nSPS) is 21.0. The fourth-order valence-corrected chi connectivity index (χ4v) is 2.20. The molecule has 4 heteroatoms. The van der Waals surface area contributed by atoms with Crippen LogP contribution in [-0.4, -0.2) is 29.1 Å². The van der Waals surface area contributed by atoms with Gasteiger partial charge in [-0.3, -0.25) is 4.90 Å². The van der Waals surface area contributed by atoms with Crippen LogP contribution < -0.4 is 0 Å². The summed E-state index contributed by atoms with van der Waals surface area (Å²) in [6.45, 7) is 5.02. The van der Waals surface area contributed by atoms with Crippen LogP contribution in [-0.2, 0) is 5.60 Å². The summed E-state index contributed by atoms with van der Waals surface area (Å²) in [6.07, 6.45) is 0.994. The molecule has 94 valence electrons. The summed E-state index contributed by atoms with van der Waals surface area (Å²) in [6, 6.07) is 3.61. The molecule has 1 atom stereocenters. The number of likely N-dealkylation sites (tertiary alicyclic amines) is 1. The molecule has 0 radical (unpaired) electrons. The molecule has 1 heterocycles. The summed E-state index contributed by atoms with van der Waals surface area (Å²) in [7, 11) is 0. The van der Waals surface area contributed by atoms with E-state index >= 15 is 0 Å². The topological polar surface area (TPSA) is 23.5 Å². The number of hydrogen-bond donors (Lipinski definition) is 1. The van der Waals surface area contributed by atoms with Gasteiger partial charge in [0, 0.05) is 25.2 Å². The number of nitrogens with zero attached hydrogens (tertiary/aromatic N) is 1. The molecule has 2 nitrogen and oxygen atoms in total. The third-order valence-electron chi connectivity index (χ3n) is 3.54. The van der Waals surface area contributed by atoms with Crippen molar-refractivity contribution < 1.29 is 13.9 Å². The molecule has 0 bridgehead atoms. The van der Waals surface area contributed by atoms with Crippen LogP contribution in [0.5, 0.6) is 0 Å². The van der Waals surface area contributed by atoms with Crippen molar-refractivity contribution in [2.24, 2.45) is 0 Å². The van der Waals surface area contributed by atoms with E-state index in [1.165, 1.54) is 12.1 Å². The molecular formula is C13H17F2NO. The second kappa shape index (κ2) is 4.35. The minimum absolute atomic E-state index is 0.328. The first-order chi connectivity index (χ1) is 7.94. The quantitative estimate of drug-likeness (QED) is 0.877. The summed E-state index contributed by atoms with van der Waals surface area (Å²) in [5, 5.41) is 10.3. The lowest BCUT2D eigenvalue weighted by Gasteiger charge is -2.49. The van der Waals surface area contributed by atoms with Gasteiger partial charge in [-0.2, -0.15) is 0 Å². The second-order valence-electron chi connectivity index (χ2n) is 4.85. The highest BCUT2D eigenvalue weighted by Crippen LogP contribution is 2.34. The minimum atomic E-state index is -1.10. The van der Waals surface area contributed by atoms with Gasteiger partial charge in [-0.05, 0) is 31.0 Å². The highest BCUT2D eigenvalue weighted by molar-refractivity contribution is 5.28.